The van der Waals surface area contributed by atoms with Crippen LogP contribution in [0.15, 0.2) is 46.0 Å². The Balaban J connectivity index is 2.28. The molecule has 0 N–H and O–H groups in total. The Kier molecular flexibility index (Phi) is 4.07. The number of sulfonamides is 1. The van der Waals surface area contributed by atoms with Gasteiger partial charge in [0.25, 0.3) is 10.0 Å². The van der Waals surface area contributed by atoms with Gasteiger partial charge in [-0.1, -0.05) is 34.1 Å². The van der Waals surface area contributed by atoms with Crippen LogP contribution in [0.3, 0.4) is 0 Å². The molecule has 0 saturated heterocycles. The average Bonchev–Trinajstić information content (AvgIpc) is 2.79. The molecule has 0 atom stereocenters. The smallest absolute Gasteiger partial charge is 0.256 e. The highest BCUT2D eigenvalue weighted by atomic mass is 79.9. The van der Waals surface area contributed by atoms with Crippen molar-refractivity contribution < 1.29 is 8.42 Å². The number of aromatic nitrogens is 2. The maximum Gasteiger partial charge on any atom is 0.260 e. The first-order valence-electron chi connectivity index (χ1n) is 5.60. The molecule has 0 spiro atoms. The average molecular weight is 344 g/mol. The Labute approximate surface area is 121 Å². The minimum absolute atomic E-state index is 0.182. The van der Waals surface area contributed by atoms with Crippen LogP contribution in [0.1, 0.15) is 5.56 Å². The predicted molar refractivity (Wildman–Crippen MR) is 76.0 cm³/mol. The van der Waals surface area contributed by atoms with Gasteiger partial charge in [-0.05, 0) is 17.7 Å². The van der Waals surface area contributed by atoms with Crippen LogP contribution in [0.5, 0.6) is 0 Å². The second-order valence-electron chi connectivity index (χ2n) is 4.15. The fourth-order valence-electron chi connectivity index (χ4n) is 1.73. The lowest BCUT2D eigenvalue weighted by atomic mass is 10.2. The zero-order chi connectivity index (χ0) is 14.0. The number of aryl methyl sites for hydroxylation is 1. The predicted octanol–water partition coefficient (Wildman–Crippen LogP) is 2.00. The van der Waals surface area contributed by atoms with E-state index < -0.39 is 10.0 Å². The highest BCUT2D eigenvalue weighted by Crippen LogP contribution is 2.20. The van der Waals surface area contributed by atoms with Gasteiger partial charge in [0.2, 0.25) is 0 Å². The Hall–Kier alpha value is -1.18. The largest absolute Gasteiger partial charge is 0.260 e. The van der Waals surface area contributed by atoms with E-state index in [0.29, 0.717) is 6.54 Å². The van der Waals surface area contributed by atoms with Crippen molar-refractivity contribution in [3.63, 3.8) is 0 Å². The standard InChI is InChI=1S/C12H14BrN3O2S/c1-15(9-10-5-3-4-6-11(10)13)19(17,18)12-7-8-14-16(12)2/h3-8H,9H2,1-2H3. The third-order valence-electron chi connectivity index (χ3n) is 2.80. The molecule has 1 heterocycles. The van der Waals surface area contributed by atoms with Crippen LogP contribution in [0.4, 0.5) is 0 Å². The third kappa shape index (κ3) is 2.88. The van der Waals surface area contributed by atoms with Crippen LogP contribution < -0.4 is 0 Å². The molecule has 0 bridgehead atoms. The maximum atomic E-state index is 12.4. The van der Waals surface area contributed by atoms with Gasteiger partial charge in [-0.25, -0.2) is 8.42 Å². The zero-order valence-electron chi connectivity index (χ0n) is 10.6. The molecule has 0 fully saturated rings. The first-order valence-corrected chi connectivity index (χ1v) is 7.84. The van der Waals surface area contributed by atoms with Gasteiger partial charge in [0.15, 0.2) is 5.03 Å². The highest BCUT2D eigenvalue weighted by molar-refractivity contribution is 9.10. The van der Waals surface area contributed by atoms with Crippen LogP contribution in [-0.2, 0) is 23.6 Å². The summed E-state index contributed by atoms with van der Waals surface area (Å²) in [5.41, 5.74) is 0.913. The number of rotatable bonds is 4. The SMILES string of the molecule is CN(Cc1ccccc1Br)S(=O)(=O)c1ccnn1C. The van der Waals surface area contributed by atoms with Gasteiger partial charge in [0, 0.05) is 25.1 Å². The van der Waals surface area contributed by atoms with Gasteiger partial charge in [0.05, 0.1) is 6.20 Å². The van der Waals surface area contributed by atoms with E-state index in [2.05, 4.69) is 21.0 Å². The summed E-state index contributed by atoms with van der Waals surface area (Å²) in [4.78, 5) is 0. The van der Waals surface area contributed by atoms with E-state index in [1.165, 1.54) is 21.3 Å². The molecule has 2 rings (SSSR count). The van der Waals surface area contributed by atoms with E-state index in [1.54, 1.807) is 14.1 Å². The summed E-state index contributed by atoms with van der Waals surface area (Å²) in [7, 11) is -0.361. The van der Waals surface area contributed by atoms with Gasteiger partial charge in [0.1, 0.15) is 0 Å². The van der Waals surface area contributed by atoms with E-state index >= 15 is 0 Å². The summed E-state index contributed by atoms with van der Waals surface area (Å²) in [6, 6.07) is 9.04. The van der Waals surface area contributed by atoms with Gasteiger partial charge < -0.3 is 0 Å². The van der Waals surface area contributed by atoms with Gasteiger partial charge in [-0.3, -0.25) is 4.68 Å². The fraction of sp³-hybridized carbons (Fsp3) is 0.250. The lowest BCUT2D eigenvalue weighted by Crippen LogP contribution is -2.28. The van der Waals surface area contributed by atoms with Crippen molar-refractivity contribution in [2.45, 2.75) is 11.6 Å². The van der Waals surface area contributed by atoms with Gasteiger partial charge >= 0.3 is 0 Å². The van der Waals surface area contributed by atoms with Crippen molar-refractivity contribution in [2.24, 2.45) is 7.05 Å². The van der Waals surface area contributed by atoms with Gasteiger partial charge in [-0.15, -0.1) is 0 Å². The number of hydrogen-bond donors (Lipinski definition) is 0. The molecule has 5 nitrogen and oxygen atoms in total. The number of hydrogen-bond acceptors (Lipinski definition) is 3. The molecule has 0 unspecified atom stereocenters. The lowest BCUT2D eigenvalue weighted by molar-refractivity contribution is 0.457. The minimum Gasteiger partial charge on any atom is -0.256 e. The number of halogens is 1. The number of benzene rings is 1. The monoisotopic (exact) mass is 343 g/mol. The molecule has 0 aliphatic rings. The van der Waals surface area contributed by atoms with Crippen LogP contribution in [0.25, 0.3) is 0 Å². The van der Waals surface area contributed by atoms with E-state index in [1.807, 2.05) is 24.3 Å². The molecule has 0 amide bonds. The van der Waals surface area contributed by atoms with Crippen molar-refractivity contribution in [3.8, 4) is 0 Å². The summed E-state index contributed by atoms with van der Waals surface area (Å²) >= 11 is 3.42. The molecule has 0 aliphatic heterocycles. The van der Waals surface area contributed by atoms with Crippen molar-refractivity contribution in [2.75, 3.05) is 7.05 Å². The lowest BCUT2D eigenvalue weighted by Gasteiger charge is -2.17. The van der Waals surface area contributed by atoms with Crippen LogP contribution >= 0.6 is 15.9 Å². The Bertz CT molecular complexity index is 682. The van der Waals surface area contributed by atoms with Crippen molar-refractivity contribution in [1.82, 2.24) is 14.1 Å². The van der Waals surface area contributed by atoms with E-state index in [-0.39, 0.29) is 5.03 Å². The third-order valence-corrected chi connectivity index (χ3v) is 5.45. The molecule has 0 aliphatic carbocycles. The minimum atomic E-state index is -3.53. The second kappa shape index (κ2) is 5.44. The zero-order valence-corrected chi connectivity index (χ0v) is 13.0. The quantitative estimate of drug-likeness (QED) is 0.853. The first-order chi connectivity index (χ1) is 8.93. The Morgan fingerprint density at radius 3 is 2.58 bits per heavy atom. The van der Waals surface area contributed by atoms with E-state index in [0.717, 1.165) is 10.0 Å². The molecule has 1 aromatic carbocycles. The Morgan fingerprint density at radius 1 is 1.32 bits per heavy atom. The normalized spacial score (nSPS) is 12.0. The van der Waals surface area contributed by atoms with E-state index in [4.69, 9.17) is 0 Å². The topological polar surface area (TPSA) is 55.2 Å². The molecule has 0 saturated carbocycles. The molecular formula is C12H14BrN3O2S. The van der Waals surface area contributed by atoms with Crippen molar-refractivity contribution in [1.29, 1.82) is 0 Å². The Morgan fingerprint density at radius 2 is 2.00 bits per heavy atom. The summed E-state index contributed by atoms with van der Waals surface area (Å²) < 4.78 is 28.3. The fourth-order valence-corrected chi connectivity index (χ4v) is 3.38. The van der Waals surface area contributed by atoms with Crippen molar-refractivity contribution in [3.05, 3.63) is 46.6 Å². The molecule has 0 radical (unpaired) electrons. The molecule has 7 heteroatoms. The summed E-state index contributed by atoms with van der Waals surface area (Å²) in [5, 5.41) is 4.07. The molecule has 102 valence electrons. The van der Waals surface area contributed by atoms with E-state index in [9.17, 15) is 8.42 Å². The maximum absolute atomic E-state index is 12.4. The summed E-state index contributed by atoms with van der Waals surface area (Å²) in [5.74, 6) is 0. The molecule has 1 aromatic heterocycles. The number of nitrogens with zero attached hydrogens (tertiary/aromatic N) is 3. The van der Waals surface area contributed by atoms with Gasteiger partial charge in [-0.2, -0.15) is 9.40 Å². The van der Waals surface area contributed by atoms with Crippen LogP contribution in [0.2, 0.25) is 0 Å². The van der Waals surface area contributed by atoms with Crippen LogP contribution in [-0.4, -0.2) is 29.6 Å². The summed E-state index contributed by atoms with van der Waals surface area (Å²) in [6.45, 7) is 0.301. The first kappa shape index (κ1) is 14.2. The molecular weight excluding hydrogens is 330 g/mol. The highest BCUT2D eigenvalue weighted by Gasteiger charge is 2.24. The second-order valence-corrected chi connectivity index (χ2v) is 6.99. The van der Waals surface area contributed by atoms with Crippen molar-refractivity contribution >= 4 is 26.0 Å². The molecule has 19 heavy (non-hydrogen) atoms. The molecule has 2 aromatic rings. The van der Waals surface area contributed by atoms with Crippen LogP contribution in [0, 0.1) is 0 Å². The summed E-state index contributed by atoms with van der Waals surface area (Å²) in [6.07, 6.45) is 1.47.